The number of nitrogens with one attached hydrogen (secondary N) is 1. The summed E-state index contributed by atoms with van der Waals surface area (Å²) in [5.74, 6) is -1.48. The highest BCUT2D eigenvalue weighted by Gasteiger charge is 2.64. The molecule has 4 nitrogen and oxygen atoms in total. The molecule has 0 unspecified atom stereocenters. The second-order valence-electron chi connectivity index (χ2n) is 4.28. The standard InChI is InChI=1S/C11H11F3N2O2/c12-11(13,14)10(4-5-10)16-9(18)6-2-1-3-7(15)8(6)17/h1-3,17H,4-5,15H2,(H,16,18). The summed E-state index contributed by atoms with van der Waals surface area (Å²) >= 11 is 0. The van der Waals surface area contributed by atoms with Crippen molar-refractivity contribution in [3.05, 3.63) is 23.8 Å². The number of nitrogen functional groups attached to an aromatic ring is 1. The van der Waals surface area contributed by atoms with Crippen molar-refractivity contribution in [2.75, 3.05) is 5.73 Å². The van der Waals surface area contributed by atoms with E-state index in [4.69, 9.17) is 5.73 Å². The van der Waals surface area contributed by atoms with Crippen LogP contribution in [0.1, 0.15) is 23.2 Å². The monoisotopic (exact) mass is 260 g/mol. The first-order valence-corrected chi connectivity index (χ1v) is 5.23. The van der Waals surface area contributed by atoms with E-state index >= 15 is 0 Å². The van der Waals surface area contributed by atoms with Crippen molar-refractivity contribution in [1.82, 2.24) is 5.32 Å². The van der Waals surface area contributed by atoms with E-state index < -0.39 is 23.4 Å². The van der Waals surface area contributed by atoms with E-state index in [1.807, 2.05) is 5.32 Å². The predicted molar refractivity (Wildman–Crippen MR) is 58.0 cm³/mol. The van der Waals surface area contributed by atoms with Crippen molar-refractivity contribution in [1.29, 1.82) is 0 Å². The summed E-state index contributed by atoms with van der Waals surface area (Å²) in [4.78, 5) is 11.7. The normalized spacial score (nSPS) is 17.3. The number of amides is 1. The third-order valence-electron chi connectivity index (χ3n) is 2.96. The van der Waals surface area contributed by atoms with Gasteiger partial charge in [0.15, 0.2) is 5.75 Å². The molecule has 0 heterocycles. The molecule has 0 aromatic heterocycles. The SMILES string of the molecule is Nc1cccc(C(=O)NC2(C(F)(F)F)CC2)c1O. The zero-order chi connectivity index (χ0) is 13.6. The molecular weight excluding hydrogens is 249 g/mol. The molecule has 0 bridgehead atoms. The van der Waals surface area contributed by atoms with E-state index in [0.29, 0.717) is 0 Å². The number of phenolic OH excluding ortho intramolecular Hbond substituents is 1. The Morgan fingerprint density at radius 1 is 1.39 bits per heavy atom. The fourth-order valence-electron chi connectivity index (χ4n) is 1.63. The molecule has 98 valence electrons. The average Bonchev–Trinajstić information content (AvgIpc) is 3.02. The lowest BCUT2D eigenvalue weighted by Gasteiger charge is -2.21. The largest absolute Gasteiger partial charge is 0.505 e. The minimum absolute atomic E-state index is 0.0560. The molecule has 1 saturated carbocycles. The van der Waals surface area contributed by atoms with Crippen LogP contribution in [-0.4, -0.2) is 22.7 Å². The summed E-state index contributed by atoms with van der Waals surface area (Å²) in [6, 6.07) is 3.95. The van der Waals surface area contributed by atoms with Crippen LogP contribution in [0.2, 0.25) is 0 Å². The fraction of sp³-hybridized carbons (Fsp3) is 0.364. The first-order valence-electron chi connectivity index (χ1n) is 5.23. The van der Waals surface area contributed by atoms with Crippen LogP contribution >= 0.6 is 0 Å². The minimum atomic E-state index is -4.49. The van der Waals surface area contributed by atoms with E-state index in [1.54, 1.807) is 0 Å². The third kappa shape index (κ3) is 1.96. The molecule has 0 aliphatic heterocycles. The highest BCUT2D eigenvalue weighted by molar-refractivity contribution is 5.99. The van der Waals surface area contributed by atoms with Gasteiger partial charge in [0.2, 0.25) is 0 Å². The number of anilines is 1. The van der Waals surface area contributed by atoms with Crippen molar-refractivity contribution in [3.8, 4) is 5.75 Å². The second-order valence-corrected chi connectivity index (χ2v) is 4.28. The molecular formula is C11H11F3N2O2. The molecule has 0 saturated heterocycles. The molecule has 2 rings (SSSR count). The van der Waals surface area contributed by atoms with Crippen molar-refractivity contribution in [3.63, 3.8) is 0 Å². The van der Waals surface area contributed by atoms with Crippen LogP contribution in [-0.2, 0) is 0 Å². The predicted octanol–water partition coefficient (Wildman–Crippen LogP) is 1.80. The maximum atomic E-state index is 12.6. The van der Waals surface area contributed by atoms with Crippen LogP contribution in [0.5, 0.6) is 5.75 Å². The lowest BCUT2D eigenvalue weighted by atomic mass is 10.1. The quantitative estimate of drug-likeness (QED) is 0.560. The van der Waals surface area contributed by atoms with E-state index in [9.17, 15) is 23.1 Å². The number of rotatable bonds is 2. The Bertz CT molecular complexity index is 496. The van der Waals surface area contributed by atoms with E-state index in [2.05, 4.69) is 0 Å². The van der Waals surface area contributed by atoms with Gasteiger partial charge >= 0.3 is 6.18 Å². The van der Waals surface area contributed by atoms with Crippen molar-refractivity contribution in [2.45, 2.75) is 24.6 Å². The van der Waals surface area contributed by atoms with E-state index in [-0.39, 0.29) is 24.1 Å². The fourth-order valence-corrected chi connectivity index (χ4v) is 1.63. The zero-order valence-electron chi connectivity index (χ0n) is 9.21. The smallest absolute Gasteiger partial charge is 0.411 e. The van der Waals surface area contributed by atoms with Gasteiger partial charge in [0.05, 0.1) is 11.3 Å². The Hall–Kier alpha value is -1.92. The first kappa shape index (κ1) is 12.5. The van der Waals surface area contributed by atoms with Gasteiger partial charge in [-0.05, 0) is 25.0 Å². The third-order valence-corrected chi connectivity index (χ3v) is 2.96. The summed E-state index contributed by atoms with van der Waals surface area (Å²) in [6.07, 6.45) is -4.78. The van der Waals surface area contributed by atoms with Crippen LogP contribution < -0.4 is 11.1 Å². The molecule has 1 aliphatic rings. The zero-order valence-corrected chi connectivity index (χ0v) is 9.21. The van der Waals surface area contributed by atoms with Crippen molar-refractivity contribution >= 4 is 11.6 Å². The number of halogens is 3. The van der Waals surface area contributed by atoms with Crippen molar-refractivity contribution in [2.24, 2.45) is 0 Å². The molecule has 7 heteroatoms. The van der Waals surface area contributed by atoms with Crippen molar-refractivity contribution < 1.29 is 23.1 Å². The van der Waals surface area contributed by atoms with Crippen LogP contribution in [0.15, 0.2) is 18.2 Å². The molecule has 0 spiro atoms. The molecule has 1 fully saturated rings. The number of para-hydroxylation sites is 1. The maximum Gasteiger partial charge on any atom is 0.411 e. The van der Waals surface area contributed by atoms with Gasteiger partial charge in [0, 0.05) is 0 Å². The molecule has 4 N–H and O–H groups in total. The Labute approximate surface area is 101 Å². The highest BCUT2D eigenvalue weighted by atomic mass is 19.4. The second kappa shape index (κ2) is 3.79. The number of benzene rings is 1. The summed E-state index contributed by atoms with van der Waals surface area (Å²) < 4.78 is 37.9. The average molecular weight is 260 g/mol. The van der Waals surface area contributed by atoms with Gasteiger partial charge in [-0.3, -0.25) is 4.79 Å². The number of nitrogens with two attached hydrogens (primary N) is 1. The lowest BCUT2D eigenvalue weighted by molar-refractivity contribution is -0.163. The number of hydrogen-bond donors (Lipinski definition) is 3. The Morgan fingerprint density at radius 2 is 2.00 bits per heavy atom. The molecule has 18 heavy (non-hydrogen) atoms. The number of aromatic hydroxyl groups is 1. The Kier molecular flexibility index (Phi) is 2.64. The van der Waals surface area contributed by atoms with E-state index in [0.717, 1.165) is 0 Å². The molecule has 0 atom stereocenters. The summed E-state index contributed by atoms with van der Waals surface area (Å²) in [6.45, 7) is 0. The lowest BCUT2D eigenvalue weighted by Crippen LogP contribution is -2.47. The van der Waals surface area contributed by atoms with Crippen LogP contribution in [0.25, 0.3) is 0 Å². The van der Waals surface area contributed by atoms with Crippen LogP contribution in [0.4, 0.5) is 18.9 Å². The maximum absolute atomic E-state index is 12.6. The molecule has 0 radical (unpaired) electrons. The van der Waals surface area contributed by atoms with Gasteiger partial charge in [-0.2, -0.15) is 13.2 Å². The summed E-state index contributed by atoms with van der Waals surface area (Å²) in [7, 11) is 0. The minimum Gasteiger partial charge on any atom is -0.505 e. The summed E-state index contributed by atoms with van der Waals surface area (Å²) in [5.41, 5.74) is 2.90. The molecule has 1 aromatic rings. The molecule has 1 amide bonds. The number of carbonyl (C=O) groups excluding carboxylic acids is 1. The van der Waals surface area contributed by atoms with Gasteiger partial charge in [-0.1, -0.05) is 6.07 Å². The Morgan fingerprint density at radius 3 is 2.50 bits per heavy atom. The molecule has 1 aromatic carbocycles. The molecule has 1 aliphatic carbocycles. The van der Waals surface area contributed by atoms with Gasteiger partial charge < -0.3 is 16.2 Å². The number of alkyl halides is 3. The first-order chi connectivity index (χ1) is 8.27. The summed E-state index contributed by atoms with van der Waals surface area (Å²) in [5, 5.41) is 11.4. The highest BCUT2D eigenvalue weighted by Crippen LogP contribution is 2.49. The number of phenols is 1. The number of carbonyl (C=O) groups is 1. The van der Waals surface area contributed by atoms with Crippen LogP contribution in [0.3, 0.4) is 0 Å². The van der Waals surface area contributed by atoms with Gasteiger partial charge in [0.1, 0.15) is 5.54 Å². The topological polar surface area (TPSA) is 75.4 Å². The number of hydrogen-bond acceptors (Lipinski definition) is 3. The van der Waals surface area contributed by atoms with E-state index in [1.165, 1.54) is 18.2 Å². The van der Waals surface area contributed by atoms with Gasteiger partial charge in [-0.25, -0.2) is 0 Å². The van der Waals surface area contributed by atoms with Gasteiger partial charge in [0.25, 0.3) is 5.91 Å². The van der Waals surface area contributed by atoms with Crippen LogP contribution in [0, 0.1) is 0 Å². The van der Waals surface area contributed by atoms with Gasteiger partial charge in [-0.15, -0.1) is 0 Å². The Balaban J connectivity index is 2.21.